The molecular formula is C31H35ClN2O2S. The van der Waals surface area contributed by atoms with Crippen molar-refractivity contribution in [1.82, 2.24) is 10.2 Å². The van der Waals surface area contributed by atoms with Gasteiger partial charge in [-0.1, -0.05) is 91.0 Å². The molecule has 4 nitrogen and oxygen atoms in total. The first-order chi connectivity index (χ1) is 18.0. The van der Waals surface area contributed by atoms with E-state index >= 15 is 0 Å². The highest BCUT2D eigenvalue weighted by molar-refractivity contribution is 8.00. The molecule has 0 spiro atoms. The highest BCUT2D eigenvalue weighted by atomic mass is 35.5. The van der Waals surface area contributed by atoms with Crippen LogP contribution in [0, 0.1) is 6.92 Å². The van der Waals surface area contributed by atoms with E-state index in [1.54, 1.807) is 4.90 Å². The summed E-state index contributed by atoms with van der Waals surface area (Å²) in [6, 6.07) is 25.2. The molecule has 1 aliphatic carbocycles. The van der Waals surface area contributed by atoms with Gasteiger partial charge in [-0.15, -0.1) is 11.8 Å². The van der Waals surface area contributed by atoms with Crippen LogP contribution in [0.1, 0.15) is 48.8 Å². The average molecular weight is 535 g/mol. The summed E-state index contributed by atoms with van der Waals surface area (Å²) in [7, 11) is 0. The number of nitrogens with zero attached hydrogens (tertiary/aromatic N) is 1. The van der Waals surface area contributed by atoms with Crippen molar-refractivity contribution >= 4 is 35.2 Å². The van der Waals surface area contributed by atoms with Gasteiger partial charge in [-0.25, -0.2) is 0 Å². The topological polar surface area (TPSA) is 49.4 Å². The van der Waals surface area contributed by atoms with Crippen molar-refractivity contribution in [2.24, 2.45) is 0 Å². The van der Waals surface area contributed by atoms with Gasteiger partial charge < -0.3 is 10.2 Å². The standard InChI is InChI=1S/C31H35ClN2O2S/c1-23-12-18-28(19-13-23)37-22-30(35)34(21-25-14-16-26(32)17-15-25)29(20-24-8-4-2-5-9-24)31(36)33-27-10-6-3-7-11-27/h2,4-5,8-9,12-19,27,29H,3,6-7,10-11,20-22H2,1H3,(H,33,36). The Labute approximate surface area is 229 Å². The molecule has 6 heteroatoms. The molecule has 0 bridgehead atoms. The van der Waals surface area contributed by atoms with Gasteiger partial charge in [-0.2, -0.15) is 0 Å². The van der Waals surface area contributed by atoms with Crippen LogP contribution in [-0.4, -0.2) is 34.6 Å². The van der Waals surface area contributed by atoms with E-state index in [0.717, 1.165) is 41.7 Å². The zero-order valence-corrected chi connectivity index (χ0v) is 22.9. The summed E-state index contributed by atoms with van der Waals surface area (Å²) in [6.07, 6.45) is 5.95. The van der Waals surface area contributed by atoms with Crippen LogP contribution in [0.25, 0.3) is 0 Å². The molecule has 0 aromatic heterocycles. The van der Waals surface area contributed by atoms with Crippen LogP contribution in [0.5, 0.6) is 0 Å². The van der Waals surface area contributed by atoms with E-state index in [4.69, 9.17) is 11.6 Å². The van der Waals surface area contributed by atoms with Crippen molar-refractivity contribution in [2.75, 3.05) is 5.75 Å². The number of halogens is 1. The van der Waals surface area contributed by atoms with Crippen molar-refractivity contribution < 1.29 is 9.59 Å². The monoisotopic (exact) mass is 534 g/mol. The number of hydrogen-bond acceptors (Lipinski definition) is 3. The molecule has 0 radical (unpaired) electrons. The number of aryl methyl sites for hydroxylation is 1. The Morgan fingerprint density at radius 2 is 1.59 bits per heavy atom. The fourth-order valence-electron chi connectivity index (χ4n) is 4.75. The van der Waals surface area contributed by atoms with Crippen LogP contribution < -0.4 is 5.32 Å². The number of rotatable bonds is 10. The Morgan fingerprint density at radius 1 is 0.919 bits per heavy atom. The third kappa shape index (κ3) is 8.37. The summed E-state index contributed by atoms with van der Waals surface area (Å²) in [4.78, 5) is 30.4. The van der Waals surface area contributed by atoms with Crippen molar-refractivity contribution in [3.05, 3.63) is 101 Å². The van der Waals surface area contributed by atoms with Gasteiger partial charge in [-0.3, -0.25) is 9.59 Å². The Bertz CT molecular complexity index is 1150. The molecule has 1 saturated carbocycles. The molecular weight excluding hydrogens is 500 g/mol. The zero-order chi connectivity index (χ0) is 26.0. The van der Waals surface area contributed by atoms with Crippen LogP contribution in [0.15, 0.2) is 83.8 Å². The maximum Gasteiger partial charge on any atom is 0.243 e. The van der Waals surface area contributed by atoms with E-state index in [0.29, 0.717) is 18.0 Å². The second-order valence-electron chi connectivity index (χ2n) is 9.80. The summed E-state index contributed by atoms with van der Waals surface area (Å²) >= 11 is 7.63. The summed E-state index contributed by atoms with van der Waals surface area (Å²) in [5.74, 6) is 0.136. The van der Waals surface area contributed by atoms with Gasteiger partial charge in [0, 0.05) is 28.9 Å². The number of carbonyl (C=O) groups excluding carboxylic acids is 2. The predicted octanol–water partition coefficient (Wildman–Crippen LogP) is 6.83. The average Bonchev–Trinajstić information content (AvgIpc) is 2.92. The molecule has 0 aliphatic heterocycles. The van der Waals surface area contributed by atoms with E-state index in [2.05, 4.69) is 5.32 Å². The SMILES string of the molecule is Cc1ccc(SCC(=O)N(Cc2ccc(Cl)cc2)C(Cc2ccccc2)C(=O)NC2CCCCC2)cc1. The third-order valence-corrected chi connectivity index (χ3v) is 8.12. The molecule has 2 amide bonds. The molecule has 3 aromatic rings. The molecule has 0 heterocycles. The molecule has 37 heavy (non-hydrogen) atoms. The van der Waals surface area contributed by atoms with E-state index in [-0.39, 0.29) is 23.6 Å². The Kier molecular flexibility index (Phi) is 10.1. The van der Waals surface area contributed by atoms with Gasteiger partial charge in [0.15, 0.2) is 0 Å². The van der Waals surface area contributed by atoms with Crippen LogP contribution in [0.4, 0.5) is 0 Å². The number of carbonyl (C=O) groups is 2. The first kappa shape index (κ1) is 27.3. The number of nitrogens with one attached hydrogen (secondary N) is 1. The minimum absolute atomic E-state index is 0.0553. The lowest BCUT2D eigenvalue weighted by Crippen LogP contribution is -2.53. The van der Waals surface area contributed by atoms with Gasteiger partial charge in [0.1, 0.15) is 6.04 Å². The second-order valence-corrected chi connectivity index (χ2v) is 11.3. The van der Waals surface area contributed by atoms with Crippen molar-refractivity contribution in [1.29, 1.82) is 0 Å². The number of hydrogen-bond donors (Lipinski definition) is 1. The normalized spacial score (nSPS) is 14.6. The molecule has 1 N–H and O–H groups in total. The van der Waals surface area contributed by atoms with Crippen LogP contribution in [0.2, 0.25) is 5.02 Å². The lowest BCUT2D eigenvalue weighted by molar-refractivity contribution is -0.139. The molecule has 1 aliphatic rings. The highest BCUT2D eigenvalue weighted by Gasteiger charge is 2.31. The molecule has 0 saturated heterocycles. The number of amides is 2. The minimum Gasteiger partial charge on any atom is -0.352 e. The van der Waals surface area contributed by atoms with Gasteiger partial charge in [0.05, 0.1) is 5.75 Å². The van der Waals surface area contributed by atoms with Crippen LogP contribution >= 0.6 is 23.4 Å². The van der Waals surface area contributed by atoms with E-state index < -0.39 is 6.04 Å². The zero-order valence-electron chi connectivity index (χ0n) is 21.4. The lowest BCUT2D eigenvalue weighted by Gasteiger charge is -2.33. The molecule has 4 rings (SSSR count). The minimum atomic E-state index is -0.605. The third-order valence-electron chi connectivity index (χ3n) is 6.87. The maximum absolute atomic E-state index is 13.8. The van der Waals surface area contributed by atoms with Gasteiger partial charge in [0.25, 0.3) is 0 Å². The summed E-state index contributed by atoms with van der Waals surface area (Å²) in [5.41, 5.74) is 3.16. The summed E-state index contributed by atoms with van der Waals surface area (Å²) < 4.78 is 0. The largest absolute Gasteiger partial charge is 0.352 e. The molecule has 194 valence electrons. The smallest absolute Gasteiger partial charge is 0.243 e. The molecule has 1 fully saturated rings. The van der Waals surface area contributed by atoms with Gasteiger partial charge in [-0.05, 0) is 55.2 Å². The van der Waals surface area contributed by atoms with Crippen molar-refractivity contribution in [3.8, 4) is 0 Å². The lowest BCUT2D eigenvalue weighted by atomic mass is 9.94. The first-order valence-corrected chi connectivity index (χ1v) is 14.4. The van der Waals surface area contributed by atoms with Crippen LogP contribution in [-0.2, 0) is 22.6 Å². The second kappa shape index (κ2) is 13.7. The highest BCUT2D eigenvalue weighted by Crippen LogP contribution is 2.23. The fraction of sp³-hybridized carbons (Fsp3) is 0.355. The van der Waals surface area contributed by atoms with Crippen LogP contribution in [0.3, 0.4) is 0 Å². The Balaban J connectivity index is 1.59. The molecule has 3 aromatic carbocycles. The van der Waals surface area contributed by atoms with Crippen molar-refractivity contribution in [3.63, 3.8) is 0 Å². The van der Waals surface area contributed by atoms with E-state index in [1.165, 1.54) is 23.7 Å². The molecule has 1 unspecified atom stereocenters. The summed E-state index contributed by atoms with van der Waals surface area (Å²) in [6.45, 7) is 2.40. The Morgan fingerprint density at radius 3 is 2.27 bits per heavy atom. The Hall–Kier alpha value is -2.76. The quantitative estimate of drug-likeness (QED) is 0.290. The number of benzene rings is 3. The summed E-state index contributed by atoms with van der Waals surface area (Å²) in [5, 5.41) is 3.93. The first-order valence-electron chi connectivity index (χ1n) is 13.1. The maximum atomic E-state index is 13.8. The van der Waals surface area contributed by atoms with E-state index in [1.807, 2.05) is 85.8 Å². The van der Waals surface area contributed by atoms with Gasteiger partial charge in [0.2, 0.25) is 11.8 Å². The van der Waals surface area contributed by atoms with Gasteiger partial charge >= 0.3 is 0 Å². The predicted molar refractivity (Wildman–Crippen MR) is 153 cm³/mol. The van der Waals surface area contributed by atoms with E-state index in [9.17, 15) is 9.59 Å². The number of thioether (sulfide) groups is 1. The molecule has 1 atom stereocenters. The van der Waals surface area contributed by atoms with Crippen molar-refractivity contribution in [2.45, 2.75) is 69.0 Å². The fourth-order valence-corrected chi connectivity index (χ4v) is 5.66.